The number of aliphatic hydroxyl groups is 1. The molecule has 0 aromatic heterocycles. The Morgan fingerprint density at radius 2 is 1.88 bits per heavy atom. The largest absolute Gasteiger partial charge is 0.410 e. The molecule has 1 aliphatic rings. The van der Waals surface area contributed by atoms with Crippen LogP contribution in [0.3, 0.4) is 0 Å². The van der Waals surface area contributed by atoms with Crippen LogP contribution in [0.15, 0.2) is 54.6 Å². The van der Waals surface area contributed by atoms with Gasteiger partial charge in [-0.1, -0.05) is 36.4 Å². The molecule has 1 fully saturated rings. The van der Waals surface area contributed by atoms with Gasteiger partial charge in [-0.05, 0) is 30.2 Å². The predicted molar refractivity (Wildman–Crippen MR) is 92.9 cm³/mol. The van der Waals surface area contributed by atoms with E-state index in [1.165, 1.54) is 11.0 Å². The number of alkyl carbamates (subject to hydrolysis) is 1. The Bertz CT molecular complexity index is 799. The Kier molecular flexibility index (Phi) is 5.18. The molecule has 7 heteroatoms. The summed E-state index contributed by atoms with van der Waals surface area (Å²) in [6.07, 6.45) is -0.682. The van der Waals surface area contributed by atoms with Gasteiger partial charge >= 0.3 is 6.09 Å². The van der Waals surface area contributed by atoms with Crippen molar-refractivity contribution >= 4 is 17.7 Å². The Balaban J connectivity index is 1.54. The molecule has 1 aliphatic heterocycles. The summed E-state index contributed by atoms with van der Waals surface area (Å²) >= 11 is 0. The van der Waals surface area contributed by atoms with Crippen molar-refractivity contribution in [1.82, 2.24) is 5.32 Å². The van der Waals surface area contributed by atoms with Crippen LogP contribution in [0.25, 0.3) is 0 Å². The molecule has 0 bridgehead atoms. The average molecular weight is 358 g/mol. The van der Waals surface area contributed by atoms with E-state index in [-0.39, 0.29) is 31.7 Å². The van der Waals surface area contributed by atoms with E-state index in [0.29, 0.717) is 11.3 Å². The van der Waals surface area contributed by atoms with Crippen molar-refractivity contribution in [2.75, 3.05) is 18.0 Å². The van der Waals surface area contributed by atoms with Crippen LogP contribution in [0, 0.1) is 5.82 Å². The van der Waals surface area contributed by atoms with Crippen LogP contribution >= 0.6 is 0 Å². The zero-order valence-electron chi connectivity index (χ0n) is 14.0. The fraction of sp³-hybridized carbons (Fsp3) is 0.263. The molecule has 0 spiro atoms. The van der Waals surface area contributed by atoms with Gasteiger partial charge in [-0.2, -0.15) is 0 Å². The van der Waals surface area contributed by atoms with Gasteiger partial charge in [0.1, 0.15) is 5.82 Å². The van der Waals surface area contributed by atoms with E-state index in [1.54, 1.807) is 42.5 Å². The summed E-state index contributed by atoms with van der Waals surface area (Å²) in [4.78, 5) is 25.7. The summed E-state index contributed by atoms with van der Waals surface area (Å²) in [5.74, 6) is -3.24. The average Bonchev–Trinajstić information content (AvgIpc) is 2.92. The first-order valence-electron chi connectivity index (χ1n) is 8.29. The Morgan fingerprint density at radius 3 is 2.62 bits per heavy atom. The number of carbonyl (C=O) groups is 2. The lowest BCUT2D eigenvalue weighted by atomic mass is 10.1. The summed E-state index contributed by atoms with van der Waals surface area (Å²) in [5.41, 5.74) is 1.08. The van der Waals surface area contributed by atoms with Gasteiger partial charge in [0.2, 0.25) is 0 Å². The number of halogens is 1. The molecule has 0 radical (unpaired) electrons. The van der Waals surface area contributed by atoms with E-state index >= 15 is 0 Å². The van der Waals surface area contributed by atoms with Gasteiger partial charge in [0.05, 0.1) is 0 Å². The number of benzene rings is 2. The second kappa shape index (κ2) is 7.53. The molecule has 2 amide bonds. The highest BCUT2D eigenvalue weighted by Gasteiger charge is 2.49. The first-order valence-corrected chi connectivity index (χ1v) is 8.29. The lowest BCUT2D eigenvalue weighted by Crippen LogP contribution is -2.46. The minimum absolute atomic E-state index is 0.0263. The number of nitrogens with zero attached hydrogens (tertiary/aromatic N) is 1. The fourth-order valence-electron chi connectivity index (χ4n) is 2.82. The zero-order chi connectivity index (χ0) is 18.6. The van der Waals surface area contributed by atoms with Crippen LogP contribution in [0.5, 0.6) is 0 Å². The summed E-state index contributed by atoms with van der Waals surface area (Å²) < 4.78 is 18.5. The third-order valence-electron chi connectivity index (χ3n) is 4.20. The molecule has 0 aliphatic carbocycles. The summed E-state index contributed by atoms with van der Waals surface area (Å²) in [6, 6.07) is 15.1. The minimum Gasteiger partial charge on any atom is -0.407 e. The highest BCUT2D eigenvalue weighted by Crippen LogP contribution is 2.29. The maximum Gasteiger partial charge on any atom is 0.410 e. The molecular weight excluding hydrogens is 339 g/mol. The predicted octanol–water partition coefficient (Wildman–Crippen LogP) is 2.22. The van der Waals surface area contributed by atoms with Crippen LogP contribution in [0.1, 0.15) is 12.0 Å². The van der Waals surface area contributed by atoms with Crippen molar-refractivity contribution in [3.05, 3.63) is 66.0 Å². The summed E-state index contributed by atoms with van der Waals surface area (Å²) in [7, 11) is 0. The van der Waals surface area contributed by atoms with E-state index in [4.69, 9.17) is 4.74 Å². The van der Waals surface area contributed by atoms with Gasteiger partial charge in [0, 0.05) is 25.2 Å². The van der Waals surface area contributed by atoms with E-state index in [2.05, 4.69) is 5.32 Å². The Morgan fingerprint density at radius 1 is 1.19 bits per heavy atom. The third-order valence-corrected chi connectivity index (χ3v) is 4.20. The minimum atomic E-state index is -2.20. The van der Waals surface area contributed by atoms with Crippen LogP contribution in [0.4, 0.5) is 14.9 Å². The van der Waals surface area contributed by atoms with E-state index < -0.39 is 17.8 Å². The molecule has 1 atom stereocenters. The van der Waals surface area contributed by atoms with Crippen molar-refractivity contribution < 1.29 is 23.8 Å². The van der Waals surface area contributed by atoms with Crippen LogP contribution in [-0.4, -0.2) is 36.0 Å². The van der Waals surface area contributed by atoms with Gasteiger partial charge in [0.15, 0.2) is 0 Å². The highest BCUT2D eigenvalue weighted by molar-refractivity contribution is 6.01. The SMILES string of the molecule is O=C(NCCc1ccccc1F)O[C@@]1(O)CCN(c2ccccc2)C1=O. The van der Waals surface area contributed by atoms with Gasteiger partial charge in [0.25, 0.3) is 11.7 Å². The van der Waals surface area contributed by atoms with Gasteiger partial charge in [-0.15, -0.1) is 0 Å². The van der Waals surface area contributed by atoms with Crippen molar-refractivity contribution in [2.24, 2.45) is 0 Å². The van der Waals surface area contributed by atoms with Crippen molar-refractivity contribution in [2.45, 2.75) is 18.6 Å². The standard InChI is InChI=1S/C19H19FN2O4/c20-16-9-5-4-6-14(16)10-12-21-18(24)26-19(25)11-13-22(17(19)23)15-7-2-1-3-8-15/h1-9,25H,10-13H2,(H,21,24)/t19-/m0/s1. The normalized spacial score (nSPS) is 19.5. The van der Waals surface area contributed by atoms with Crippen LogP contribution in [-0.2, 0) is 16.0 Å². The Labute approximate surface area is 150 Å². The molecule has 2 aromatic carbocycles. The summed E-state index contributed by atoms with van der Waals surface area (Å²) in [6.45, 7) is 0.355. The lowest BCUT2D eigenvalue weighted by Gasteiger charge is -2.22. The number of para-hydroxylation sites is 1. The lowest BCUT2D eigenvalue weighted by molar-refractivity contribution is -0.175. The smallest absolute Gasteiger partial charge is 0.407 e. The molecule has 6 nitrogen and oxygen atoms in total. The van der Waals surface area contributed by atoms with Gasteiger partial charge in [-0.25, -0.2) is 9.18 Å². The molecule has 0 unspecified atom stereocenters. The second-order valence-corrected chi connectivity index (χ2v) is 5.98. The number of carbonyl (C=O) groups excluding carboxylic acids is 2. The first kappa shape index (κ1) is 17.9. The quantitative estimate of drug-likeness (QED) is 0.804. The molecule has 2 aromatic rings. The number of nitrogens with one attached hydrogen (secondary N) is 1. The molecular formula is C19H19FN2O4. The Hall–Kier alpha value is -2.93. The molecule has 1 heterocycles. The maximum atomic E-state index is 13.5. The third kappa shape index (κ3) is 3.83. The number of ether oxygens (including phenoxy) is 1. The van der Waals surface area contributed by atoms with E-state index in [1.807, 2.05) is 6.07 Å². The van der Waals surface area contributed by atoms with Gasteiger partial charge in [-0.3, -0.25) is 4.79 Å². The summed E-state index contributed by atoms with van der Waals surface area (Å²) in [5, 5.41) is 12.8. The van der Waals surface area contributed by atoms with Crippen molar-refractivity contribution in [3.63, 3.8) is 0 Å². The zero-order valence-corrected chi connectivity index (χ0v) is 14.0. The molecule has 26 heavy (non-hydrogen) atoms. The molecule has 0 saturated carbocycles. The molecule has 2 N–H and O–H groups in total. The first-order chi connectivity index (χ1) is 12.5. The van der Waals surface area contributed by atoms with Crippen LogP contribution < -0.4 is 10.2 Å². The number of hydrogen-bond donors (Lipinski definition) is 2. The number of rotatable bonds is 5. The number of hydrogen-bond acceptors (Lipinski definition) is 4. The van der Waals surface area contributed by atoms with Crippen molar-refractivity contribution in [1.29, 1.82) is 0 Å². The van der Waals surface area contributed by atoms with E-state index in [0.717, 1.165) is 0 Å². The van der Waals surface area contributed by atoms with Gasteiger partial charge < -0.3 is 20.1 Å². The second-order valence-electron chi connectivity index (χ2n) is 5.98. The number of anilines is 1. The molecule has 3 rings (SSSR count). The monoisotopic (exact) mass is 358 g/mol. The highest BCUT2D eigenvalue weighted by atomic mass is 19.1. The van der Waals surface area contributed by atoms with Crippen LogP contribution in [0.2, 0.25) is 0 Å². The van der Waals surface area contributed by atoms with Crippen molar-refractivity contribution in [3.8, 4) is 0 Å². The van der Waals surface area contributed by atoms with E-state index in [9.17, 15) is 19.1 Å². The molecule has 1 saturated heterocycles. The maximum absolute atomic E-state index is 13.5. The number of amides is 2. The molecule has 136 valence electrons. The fourth-order valence-corrected chi connectivity index (χ4v) is 2.82. The topological polar surface area (TPSA) is 78.9 Å².